The van der Waals surface area contributed by atoms with Gasteiger partial charge in [-0.05, 0) is 60.5 Å². The Morgan fingerprint density at radius 3 is 2.47 bits per heavy atom. The van der Waals surface area contributed by atoms with Gasteiger partial charge in [-0.2, -0.15) is 0 Å². The number of hydrogen-bond acceptors (Lipinski definition) is 7. The summed E-state index contributed by atoms with van der Waals surface area (Å²) in [5.41, 5.74) is 2.66. The largest absolute Gasteiger partial charge is 0.478 e. The lowest BCUT2D eigenvalue weighted by atomic mass is 10.0. The molecule has 49 heavy (non-hydrogen) atoms. The summed E-state index contributed by atoms with van der Waals surface area (Å²) in [6, 6.07) is 15.9. The molecule has 0 saturated carbocycles. The fourth-order valence-electron chi connectivity index (χ4n) is 5.41. The van der Waals surface area contributed by atoms with Gasteiger partial charge < -0.3 is 19.1 Å². The highest BCUT2D eigenvalue weighted by molar-refractivity contribution is 5.92. The lowest BCUT2D eigenvalue weighted by Gasteiger charge is -2.27. The summed E-state index contributed by atoms with van der Waals surface area (Å²) in [5.74, 6) is 3.31. The number of carboxylic acids is 1. The summed E-state index contributed by atoms with van der Waals surface area (Å²) in [6.45, 7) is 0.875. The third kappa shape index (κ3) is 6.97. The number of aromatic carboxylic acids is 1. The van der Waals surface area contributed by atoms with Crippen LogP contribution in [0, 0.1) is 29.3 Å². The van der Waals surface area contributed by atoms with Crippen molar-refractivity contribution in [3.8, 4) is 29.0 Å². The molecule has 1 aliphatic heterocycles. The molecule has 6 aromatic rings. The second-order valence-corrected chi connectivity index (χ2v) is 11.4. The van der Waals surface area contributed by atoms with E-state index >= 15 is 8.78 Å². The van der Waals surface area contributed by atoms with Crippen LogP contribution in [0.4, 0.5) is 13.2 Å². The molecule has 1 atom stereocenters. The van der Waals surface area contributed by atoms with Crippen LogP contribution in [-0.2, 0) is 24.3 Å². The number of aromatic nitrogens is 5. The van der Waals surface area contributed by atoms with E-state index in [0.717, 1.165) is 18.6 Å². The van der Waals surface area contributed by atoms with Gasteiger partial charge in [-0.25, -0.2) is 37.9 Å². The number of carbonyl (C=O) groups is 1. The van der Waals surface area contributed by atoms with E-state index in [9.17, 15) is 14.3 Å². The second kappa shape index (κ2) is 13.6. The Kier molecular flexibility index (Phi) is 8.74. The van der Waals surface area contributed by atoms with E-state index in [4.69, 9.17) is 9.47 Å². The lowest BCUT2D eigenvalue weighted by molar-refractivity contribution is -0.0589. The molecule has 244 valence electrons. The van der Waals surface area contributed by atoms with Gasteiger partial charge in [0.15, 0.2) is 0 Å². The van der Waals surface area contributed by atoms with Crippen molar-refractivity contribution in [2.24, 2.45) is 0 Å². The van der Waals surface area contributed by atoms with Crippen LogP contribution in [0.1, 0.15) is 44.9 Å². The van der Waals surface area contributed by atoms with Crippen molar-refractivity contribution in [2.75, 3.05) is 6.61 Å². The van der Waals surface area contributed by atoms with Crippen LogP contribution in [0.2, 0.25) is 0 Å². The van der Waals surface area contributed by atoms with E-state index in [2.05, 4.69) is 31.8 Å². The molecule has 1 saturated heterocycles. The van der Waals surface area contributed by atoms with E-state index < -0.39 is 23.4 Å². The molecular formula is C37H26F3N5O4. The quantitative estimate of drug-likeness (QED) is 0.178. The number of halogens is 3. The number of ether oxygens (including phenoxy) is 2. The number of hydrogen-bond donors (Lipinski definition) is 1. The van der Waals surface area contributed by atoms with E-state index in [1.165, 1.54) is 36.7 Å². The highest BCUT2D eigenvalue weighted by Crippen LogP contribution is 2.29. The van der Waals surface area contributed by atoms with Gasteiger partial charge in [0.05, 0.1) is 40.5 Å². The zero-order valence-corrected chi connectivity index (χ0v) is 25.7. The number of rotatable bonds is 9. The number of imidazole rings is 1. The summed E-state index contributed by atoms with van der Waals surface area (Å²) in [4.78, 5) is 28.3. The smallest absolute Gasteiger partial charge is 0.335 e. The molecule has 0 unspecified atom stereocenters. The molecule has 1 fully saturated rings. The first-order valence-electron chi connectivity index (χ1n) is 15.3. The minimum Gasteiger partial charge on any atom is -0.478 e. The minimum atomic E-state index is -1.08. The summed E-state index contributed by atoms with van der Waals surface area (Å²) < 4.78 is 59.0. The number of pyridine rings is 1. The van der Waals surface area contributed by atoms with E-state index in [1.807, 2.05) is 4.57 Å². The molecule has 3 aromatic heterocycles. The van der Waals surface area contributed by atoms with Crippen molar-refractivity contribution in [3.05, 3.63) is 137 Å². The third-order valence-electron chi connectivity index (χ3n) is 8.08. The fourth-order valence-corrected chi connectivity index (χ4v) is 5.41. The van der Waals surface area contributed by atoms with Crippen LogP contribution in [0.3, 0.4) is 0 Å². The van der Waals surface area contributed by atoms with Crippen LogP contribution in [0.25, 0.3) is 22.3 Å². The normalized spacial score (nSPS) is 13.8. The van der Waals surface area contributed by atoms with Crippen molar-refractivity contribution in [1.29, 1.82) is 0 Å². The molecule has 1 aliphatic rings. The molecular weight excluding hydrogens is 635 g/mol. The standard InChI is InChI=1S/C37H26F3N5O4/c38-29-12-22(4-5-23-17-41-21-42-18-23)6-7-25(29)20-49-36-3-1-2-32(44-36)28-16-30(39)26(13-31(28)40)15-35-43-33-9-8-24(37(46)47)14-34(33)45(35)19-27-10-11-48-27/h1-3,6-9,12-14,16-18,21,27H,10-11,15,19-20H2,(H,46,47)/t27-/m0/s1. The van der Waals surface area contributed by atoms with E-state index in [-0.39, 0.29) is 53.0 Å². The first-order chi connectivity index (χ1) is 23.8. The average Bonchev–Trinajstić information content (AvgIpc) is 3.42. The Balaban J connectivity index is 1.08. The van der Waals surface area contributed by atoms with Crippen molar-refractivity contribution >= 4 is 17.0 Å². The van der Waals surface area contributed by atoms with Gasteiger partial charge in [0.2, 0.25) is 5.88 Å². The van der Waals surface area contributed by atoms with Crippen LogP contribution in [0.5, 0.6) is 5.88 Å². The molecule has 0 spiro atoms. The van der Waals surface area contributed by atoms with Crippen LogP contribution < -0.4 is 4.74 Å². The maximum atomic E-state index is 15.6. The Morgan fingerprint density at radius 2 is 1.71 bits per heavy atom. The highest BCUT2D eigenvalue weighted by atomic mass is 19.1. The molecule has 7 rings (SSSR count). The summed E-state index contributed by atoms with van der Waals surface area (Å²) >= 11 is 0. The molecule has 4 heterocycles. The number of fused-ring (bicyclic) bond motifs is 1. The number of nitrogens with zero attached hydrogens (tertiary/aromatic N) is 5. The van der Waals surface area contributed by atoms with Gasteiger partial charge in [0.25, 0.3) is 0 Å². The Hall–Kier alpha value is -6.06. The predicted octanol–water partition coefficient (Wildman–Crippen LogP) is 6.36. The SMILES string of the molecule is O=C(O)c1ccc2nc(Cc3cc(F)c(-c4cccc(OCc5ccc(C#Cc6cncnc6)cc5F)n4)cc3F)n(C[C@@H]3CCO3)c2c1. The third-order valence-corrected chi connectivity index (χ3v) is 8.08. The predicted molar refractivity (Wildman–Crippen MR) is 172 cm³/mol. The molecule has 0 bridgehead atoms. The molecule has 0 radical (unpaired) electrons. The molecule has 3 aromatic carbocycles. The molecule has 0 amide bonds. The van der Waals surface area contributed by atoms with Crippen LogP contribution in [0.15, 0.2) is 85.5 Å². The molecule has 9 nitrogen and oxygen atoms in total. The van der Waals surface area contributed by atoms with Crippen molar-refractivity contribution in [1.82, 2.24) is 24.5 Å². The van der Waals surface area contributed by atoms with Gasteiger partial charge in [-0.1, -0.05) is 24.0 Å². The average molecular weight is 662 g/mol. The van der Waals surface area contributed by atoms with E-state index in [0.29, 0.717) is 41.1 Å². The minimum absolute atomic E-state index is 0.0416. The van der Waals surface area contributed by atoms with Gasteiger partial charge >= 0.3 is 5.97 Å². The zero-order valence-electron chi connectivity index (χ0n) is 25.7. The van der Waals surface area contributed by atoms with Gasteiger partial charge in [0, 0.05) is 48.2 Å². The zero-order chi connectivity index (χ0) is 33.9. The number of benzene rings is 3. The van der Waals surface area contributed by atoms with Crippen molar-refractivity contribution < 1.29 is 32.5 Å². The summed E-state index contributed by atoms with van der Waals surface area (Å²) in [5, 5.41) is 9.49. The maximum Gasteiger partial charge on any atom is 0.335 e. The van der Waals surface area contributed by atoms with Gasteiger partial charge in [-0.3, -0.25) is 0 Å². The summed E-state index contributed by atoms with van der Waals surface area (Å²) in [7, 11) is 0. The lowest BCUT2D eigenvalue weighted by Crippen LogP contribution is -2.31. The first kappa shape index (κ1) is 31.5. The Bertz CT molecular complexity index is 2260. The van der Waals surface area contributed by atoms with Gasteiger partial charge in [0.1, 0.15) is 36.2 Å². The van der Waals surface area contributed by atoms with Gasteiger partial charge in [-0.15, -0.1) is 0 Å². The van der Waals surface area contributed by atoms with Crippen LogP contribution >= 0.6 is 0 Å². The van der Waals surface area contributed by atoms with Crippen molar-refractivity contribution in [3.63, 3.8) is 0 Å². The van der Waals surface area contributed by atoms with E-state index in [1.54, 1.807) is 36.7 Å². The fraction of sp³-hybridized carbons (Fsp3) is 0.162. The first-order valence-corrected chi connectivity index (χ1v) is 15.3. The highest BCUT2D eigenvalue weighted by Gasteiger charge is 2.24. The Labute approximate surface area is 278 Å². The Morgan fingerprint density at radius 1 is 0.918 bits per heavy atom. The van der Waals surface area contributed by atoms with Crippen LogP contribution in [-0.4, -0.2) is 48.3 Å². The topological polar surface area (TPSA) is 112 Å². The monoisotopic (exact) mass is 661 g/mol. The maximum absolute atomic E-state index is 15.6. The second-order valence-electron chi connectivity index (χ2n) is 11.4. The number of carboxylic acid groups (broad SMARTS) is 1. The molecule has 12 heteroatoms. The van der Waals surface area contributed by atoms with Crippen molar-refractivity contribution in [2.45, 2.75) is 32.1 Å². The molecule has 0 aliphatic carbocycles. The summed E-state index contributed by atoms with van der Waals surface area (Å²) in [6.07, 6.45) is 5.21. The molecule has 1 N–H and O–H groups in total.